The van der Waals surface area contributed by atoms with Crippen molar-refractivity contribution in [3.05, 3.63) is 0 Å². The fourth-order valence-electron chi connectivity index (χ4n) is 3.92. The van der Waals surface area contributed by atoms with Gasteiger partial charge in [-0.15, -0.1) is 0 Å². The smallest absolute Gasteiger partial charge is 0.187 e. The normalized spacial score (nSPS) is 54.0. The molecule has 3 fully saturated rings. The maximum atomic E-state index is 10.4. The van der Waals surface area contributed by atoms with Crippen LogP contribution in [0.4, 0.5) is 0 Å². The van der Waals surface area contributed by atoms with Crippen LogP contribution in [0.3, 0.4) is 0 Å². The zero-order chi connectivity index (χ0) is 18.5. The molecule has 0 aromatic carbocycles. The lowest BCUT2D eigenvalue weighted by Gasteiger charge is -2.40. The van der Waals surface area contributed by atoms with Crippen LogP contribution in [-0.4, -0.2) is 133 Å². The van der Waals surface area contributed by atoms with Crippen molar-refractivity contribution in [3.63, 3.8) is 0 Å². The maximum Gasteiger partial charge on any atom is 0.187 e. The van der Waals surface area contributed by atoms with Gasteiger partial charge in [-0.05, 0) is 0 Å². The molecule has 11 nitrogen and oxygen atoms in total. The summed E-state index contributed by atoms with van der Waals surface area (Å²) in [6, 6.07) is -1.62. The third-order valence-electron chi connectivity index (χ3n) is 5.37. The van der Waals surface area contributed by atoms with Crippen molar-refractivity contribution in [1.82, 2.24) is 4.90 Å². The zero-order valence-corrected chi connectivity index (χ0v) is 13.3. The van der Waals surface area contributed by atoms with E-state index < -0.39 is 80.4 Å². The Balaban J connectivity index is 1.70. The molecule has 0 spiro atoms. The van der Waals surface area contributed by atoms with Crippen LogP contribution in [0.25, 0.3) is 0 Å². The summed E-state index contributed by atoms with van der Waals surface area (Å²) >= 11 is 0. The molecule has 0 unspecified atom stereocenters. The molecule has 3 saturated heterocycles. The molecule has 3 heterocycles. The fourth-order valence-corrected chi connectivity index (χ4v) is 3.92. The summed E-state index contributed by atoms with van der Waals surface area (Å²) in [5.41, 5.74) is 0. The summed E-state index contributed by atoms with van der Waals surface area (Å²) in [7, 11) is 0. The lowest BCUT2D eigenvalue weighted by molar-refractivity contribution is -0.314. The number of nitrogens with zero attached hydrogens (tertiary/aromatic N) is 1. The fraction of sp³-hybridized carbons (Fsp3) is 1.00. The van der Waals surface area contributed by atoms with Gasteiger partial charge in [0.05, 0.1) is 43.6 Å². The minimum atomic E-state index is -1.61. The number of hydrogen-bond donors (Lipinski definition) is 8. The van der Waals surface area contributed by atoms with Gasteiger partial charge >= 0.3 is 0 Å². The van der Waals surface area contributed by atoms with Gasteiger partial charge in [0.25, 0.3) is 0 Å². The monoisotopic (exact) mass is 367 g/mol. The van der Waals surface area contributed by atoms with Crippen LogP contribution in [0.2, 0.25) is 0 Å². The number of aliphatic hydroxyl groups is 8. The Morgan fingerprint density at radius 1 is 0.800 bits per heavy atom. The summed E-state index contributed by atoms with van der Waals surface area (Å²) < 4.78 is 10.8. The zero-order valence-electron chi connectivity index (χ0n) is 13.3. The Hall–Kier alpha value is -0.440. The molecule has 146 valence electrons. The predicted molar refractivity (Wildman–Crippen MR) is 78.0 cm³/mol. The Labute approximate surface area is 143 Å². The van der Waals surface area contributed by atoms with Crippen molar-refractivity contribution in [2.24, 2.45) is 0 Å². The van der Waals surface area contributed by atoms with Crippen molar-refractivity contribution in [1.29, 1.82) is 0 Å². The van der Waals surface area contributed by atoms with Crippen molar-refractivity contribution >= 4 is 0 Å². The SMILES string of the molecule is OC[C@H]1O[C@H](O[C@H]2CN3[C@H]([C@H]2O)[C@@H](O)[C@H](O)[C@@H]3CO)[C@H](O)[C@@H](O)[C@@H]1O. The molecule has 0 radical (unpaired) electrons. The summed E-state index contributed by atoms with van der Waals surface area (Å²) in [4.78, 5) is 1.52. The Morgan fingerprint density at radius 2 is 1.48 bits per heavy atom. The summed E-state index contributed by atoms with van der Waals surface area (Å²) in [6.07, 6.45) is -12.0. The third kappa shape index (κ3) is 3.09. The van der Waals surface area contributed by atoms with Gasteiger partial charge in [-0.1, -0.05) is 0 Å². The highest BCUT2D eigenvalue weighted by Crippen LogP contribution is 2.36. The lowest BCUT2D eigenvalue weighted by atomic mass is 9.99. The van der Waals surface area contributed by atoms with Crippen LogP contribution in [0.1, 0.15) is 0 Å². The van der Waals surface area contributed by atoms with Gasteiger partial charge in [0.1, 0.15) is 30.5 Å². The average molecular weight is 367 g/mol. The first kappa shape index (κ1) is 19.3. The first-order valence-electron chi connectivity index (χ1n) is 8.18. The van der Waals surface area contributed by atoms with E-state index in [1.54, 1.807) is 0 Å². The molecule has 0 aromatic heterocycles. The average Bonchev–Trinajstić information content (AvgIpc) is 3.03. The van der Waals surface area contributed by atoms with Crippen molar-refractivity contribution < 1.29 is 50.3 Å². The molecule has 3 rings (SSSR count). The van der Waals surface area contributed by atoms with E-state index in [9.17, 15) is 40.9 Å². The summed E-state index contributed by atoms with van der Waals surface area (Å²) in [5, 5.41) is 78.5. The second kappa shape index (κ2) is 7.29. The summed E-state index contributed by atoms with van der Waals surface area (Å²) in [5.74, 6) is 0. The highest BCUT2D eigenvalue weighted by molar-refractivity contribution is 5.10. The molecular weight excluding hydrogens is 342 g/mol. The molecule has 3 aliphatic heterocycles. The quantitative estimate of drug-likeness (QED) is 0.237. The van der Waals surface area contributed by atoms with Crippen LogP contribution in [0, 0.1) is 0 Å². The molecule has 25 heavy (non-hydrogen) atoms. The number of hydrogen-bond acceptors (Lipinski definition) is 11. The molecule has 0 bridgehead atoms. The van der Waals surface area contributed by atoms with Gasteiger partial charge in [-0.3, -0.25) is 4.90 Å². The second-order valence-electron chi connectivity index (χ2n) is 6.78. The van der Waals surface area contributed by atoms with Gasteiger partial charge < -0.3 is 50.3 Å². The second-order valence-corrected chi connectivity index (χ2v) is 6.78. The van der Waals surface area contributed by atoms with E-state index in [4.69, 9.17) is 9.47 Å². The molecule has 11 heteroatoms. The van der Waals surface area contributed by atoms with E-state index >= 15 is 0 Å². The number of ether oxygens (including phenoxy) is 2. The van der Waals surface area contributed by atoms with Crippen molar-refractivity contribution in [2.45, 2.75) is 67.2 Å². The van der Waals surface area contributed by atoms with Gasteiger partial charge in [-0.25, -0.2) is 0 Å². The van der Waals surface area contributed by atoms with Gasteiger partial charge in [0.15, 0.2) is 6.29 Å². The lowest BCUT2D eigenvalue weighted by Crippen LogP contribution is -2.60. The molecule has 11 atom stereocenters. The van der Waals surface area contributed by atoms with Crippen LogP contribution < -0.4 is 0 Å². The Kier molecular flexibility index (Phi) is 5.63. The highest BCUT2D eigenvalue weighted by Gasteiger charge is 2.58. The molecule has 3 aliphatic rings. The van der Waals surface area contributed by atoms with E-state index in [-0.39, 0.29) is 6.54 Å². The Bertz CT molecular complexity index is 467. The van der Waals surface area contributed by atoms with Crippen LogP contribution in [-0.2, 0) is 9.47 Å². The van der Waals surface area contributed by atoms with E-state index in [1.165, 1.54) is 4.90 Å². The van der Waals surface area contributed by atoms with Crippen LogP contribution in [0.15, 0.2) is 0 Å². The van der Waals surface area contributed by atoms with E-state index in [1.807, 2.05) is 0 Å². The van der Waals surface area contributed by atoms with Crippen LogP contribution in [0.5, 0.6) is 0 Å². The first-order chi connectivity index (χ1) is 11.8. The van der Waals surface area contributed by atoms with Crippen molar-refractivity contribution in [3.8, 4) is 0 Å². The standard InChI is InChI=1S/C14H25NO10/c16-2-4-8(18)11(21)7-9(19)5(1-15(4)7)24-14-13(23)12(22)10(20)6(3-17)25-14/h4-14,16-23H,1-3H2/t4-,5-,6+,7+,8+,9-,10+,11+,12-,13+,14-/m0/s1. The topological polar surface area (TPSA) is 184 Å². The van der Waals surface area contributed by atoms with Crippen LogP contribution >= 0.6 is 0 Å². The van der Waals surface area contributed by atoms with Gasteiger partial charge in [-0.2, -0.15) is 0 Å². The van der Waals surface area contributed by atoms with Crippen molar-refractivity contribution in [2.75, 3.05) is 19.8 Å². The van der Waals surface area contributed by atoms with E-state index in [2.05, 4.69) is 0 Å². The van der Waals surface area contributed by atoms with Gasteiger partial charge in [0, 0.05) is 6.54 Å². The Morgan fingerprint density at radius 3 is 2.08 bits per heavy atom. The number of aliphatic hydroxyl groups excluding tert-OH is 8. The molecule has 0 aromatic rings. The third-order valence-corrected chi connectivity index (χ3v) is 5.37. The highest BCUT2D eigenvalue weighted by atomic mass is 16.7. The maximum absolute atomic E-state index is 10.4. The minimum Gasteiger partial charge on any atom is -0.395 e. The number of fused-ring (bicyclic) bond motifs is 1. The molecule has 0 amide bonds. The largest absolute Gasteiger partial charge is 0.395 e. The van der Waals surface area contributed by atoms with Gasteiger partial charge in [0.2, 0.25) is 0 Å². The molecular formula is C14H25NO10. The minimum absolute atomic E-state index is 0.0419. The first-order valence-corrected chi connectivity index (χ1v) is 8.18. The molecule has 8 N–H and O–H groups in total. The number of rotatable bonds is 4. The van der Waals surface area contributed by atoms with E-state index in [0.29, 0.717) is 0 Å². The molecule has 0 aliphatic carbocycles. The molecule has 0 saturated carbocycles. The van der Waals surface area contributed by atoms with E-state index in [0.717, 1.165) is 0 Å². The summed E-state index contributed by atoms with van der Waals surface area (Å²) in [6.45, 7) is -0.987. The predicted octanol–water partition coefficient (Wildman–Crippen LogP) is -5.69.